The maximum atomic E-state index is 12.1. The molecule has 0 fully saturated rings. The molecule has 20 heavy (non-hydrogen) atoms. The molecule has 0 saturated carbocycles. The van der Waals surface area contributed by atoms with Gasteiger partial charge in [-0.2, -0.15) is 0 Å². The molecular weight excluding hydrogens is 272 g/mol. The SMILES string of the molecule is CNc1ccc(C(=O)NC(C)c2sc(C)nc2C)nc1. The number of carbonyl (C=O) groups excluding carboxylic acids is 1. The summed E-state index contributed by atoms with van der Waals surface area (Å²) in [5.41, 5.74) is 2.26. The van der Waals surface area contributed by atoms with Gasteiger partial charge >= 0.3 is 0 Å². The zero-order valence-corrected chi connectivity index (χ0v) is 12.8. The van der Waals surface area contributed by atoms with Gasteiger partial charge in [-0.05, 0) is 32.9 Å². The summed E-state index contributed by atoms with van der Waals surface area (Å²) < 4.78 is 0. The van der Waals surface area contributed by atoms with Crippen LogP contribution in [0.3, 0.4) is 0 Å². The van der Waals surface area contributed by atoms with Crippen LogP contribution in [0.15, 0.2) is 18.3 Å². The Hall–Kier alpha value is -1.95. The fourth-order valence-corrected chi connectivity index (χ4v) is 2.89. The second-order valence-corrected chi connectivity index (χ2v) is 5.79. The molecule has 0 saturated heterocycles. The number of amides is 1. The number of aromatic nitrogens is 2. The lowest BCUT2D eigenvalue weighted by molar-refractivity contribution is 0.0935. The number of hydrogen-bond donors (Lipinski definition) is 2. The lowest BCUT2D eigenvalue weighted by Gasteiger charge is -2.12. The quantitative estimate of drug-likeness (QED) is 0.908. The zero-order valence-electron chi connectivity index (χ0n) is 12.0. The van der Waals surface area contributed by atoms with Crippen LogP contribution in [0.25, 0.3) is 0 Å². The molecule has 1 atom stereocenters. The molecule has 2 heterocycles. The molecule has 2 rings (SSSR count). The second-order valence-electron chi connectivity index (χ2n) is 4.56. The van der Waals surface area contributed by atoms with Crippen molar-refractivity contribution in [1.29, 1.82) is 0 Å². The second kappa shape index (κ2) is 6.00. The predicted molar refractivity (Wildman–Crippen MR) is 81.3 cm³/mol. The number of aryl methyl sites for hydroxylation is 2. The average molecular weight is 290 g/mol. The summed E-state index contributed by atoms with van der Waals surface area (Å²) in [4.78, 5) is 21.7. The maximum Gasteiger partial charge on any atom is 0.270 e. The standard InChI is InChI=1S/C14H18N4OS/c1-8-13(20-10(3)17-8)9(2)18-14(19)12-6-5-11(15-4)7-16-12/h5-7,9,15H,1-4H3,(H,18,19). The van der Waals surface area contributed by atoms with E-state index >= 15 is 0 Å². The Morgan fingerprint density at radius 3 is 2.60 bits per heavy atom. The van der Waals surface area contributed by atoms with Crippen LogP contribution in [-0.4, -0.2) is 22.9 Å². The van der Waals surface area contributed by atoms with Gasteiger partial charge in [0.25, 0.3) is 5.91 Å². The fourth-order valence-electron chi connectivity index (χ4n) is 1.96. The van der Waals surface area contributed by atoms with Crippen LogP contribution in [-0.2, 0) is 0 Å². The highest BCUT2D eigenvalue weighted by atomic mass is 32.1. The predicted octanol–water partition coefficient (Wildman–Crippen LogP) is 2.69. The number of nitrogens with one attached hydrogen (secondary N) is 2. The minimum Gasteiger partial charge on any atom is -0.387 e. The minimum absolute atomic E-state index is 0.0699. The van der Waals surface area contributed by atoms with Crippen LogP contribution in [0.2, 0.25) is 0 Å². The summed E-state index contributed by atoms with van der Waals surface area (Å²) in [6, 6.07) is 3.47. The van der Waals surface area contributed by atoms with E-state index in [4.69, 9.17) is 0 Å². The molecule has 1 unspecified atom stereocenters. The number of nitrogens with zero attached hydrogens (tertiary/aromatic N) is 2. The number of pyridine rings is 1. The Morgan fingerprint density at radius 1 is 1.35 bits per heavy atom. The van der Waals surface area contributed by atoms with Crippen molar-refractivity contribution in [3.05, 3.63) is 39.6 Å². The van der Waals surface area contributed by atoms with Crippen LogP contribution in [0.4, 0.5) is 5.69 Å². The molecule has 0 spiro atoms. The van der Waals surface area contributed by atoms with Gasteiger partial charge in [-0.3, -0.25) is 4.79 Å². The van der Waals surface area contributed by atoms with E-state index in [-0.39, 0.29) is 11.9 Å². The van der Waals surface area contributed by atoms with E-state index in [9.17, 15) is 4.79 Å². The van der Waals surface area contributed by atoms with E-state index in [0.29, 0.717) is 5.69 Å². The van der Waals surface area contributed by atoms with Crippen LogP contribution in [0.5, 0.6) is 0 Å². The molecule has 0 aliphatic heterocycles. The van der Waals surface area contributed by atoms with Crippen LogP contribution in [0, 0.1) is 13.8 Å². The minimum atomic E-state index is -0.175. The van der Waals surface area contributed by atoms with Crippen molar-refractivity contribution in [1.82, 2.24) is 15.3 Å². The monoisotopic (exact) mass is 290 g/mol. The molecule has 0 radical (unpaired) electrons. The number of rotatable bonds is 4. The number of carbonyl (C=O) groups is 1. The van der Waals surface area contributed by atoms with Crippen LogP contribution >= 0.6 is 11.3 Å². The first-order chi connectivity index (χ1) is 9.51. The van der Waals surface area contributed by atoms with Gasteiger partial charge in [-0.1, -0.05) is 0 Å². The molecular formula is C14H18N4OS. The first-order valence-electron chi connectivity index (χ1n) is 6.40. The molecule has 0 aliphatic carbocycles. The van der Waals surface area contributed by atoms with Gasteiger partial charge in [0.2, 0.25) is 0 Å². The number of hydrogen-bond acceptors (Lipinski definition) is 5. The Balaban J connectivity index is 2.08. The normalized spacial score (nSPS) is 12.0. The topological polar surface area (TPSA) is 66.9 Å². The van der Waals surface area contributed by atoms with Gasteiger partial charge in [0.1, 0.15) is 5.69 Å². The lowest BCUT2D eigenvalue weighted by atomic mass is 10.2. The van der Waals surface area contributed by atoms with E-state index in [1.807, 2.05) is 33.9 Å². The molecule has 6 heteroatoms. The zero-order chi connectivity index (χ0) is 14.7. The van der Waals surface area contributed by atoms with Gasteiger partial charge in [0.15, 0.2) is 0 Å². The van der Waals surface area contributed by atoms with Crippen molar-refractivity contribution in [2.45, 2.75) is 26.8 Å². The van der Waals surface area contributed by atoms with Gasteiger partial charge in [0, 0.05) is 11.9 Å². The molecule has 0 bridgehead atoms. The smallest absolute Gasteiger partial charge is 0.270 e. The molecule has 0 aliphatic rings. The average Bonchev–Trinajstić information content (AvgIpc) is 2.78. The van der Waals surface area contributed by atoms with E-state index in [1.54, 1.807) is 23.6 Å². The van der Waals surface area contributed by atoms with Gasteiger partial charge in [-0.15, -0.1) is 11.3 Å². The third kappa shape index (κ3) is 3.14. The van der Waals surface area contributed by atoms with Gasteiger partial charge in [-0.25, -0.2) is 9.97 Å². The summed E-state index contributed by atoms with van der Waals surface area (Å²) in [5, 5.41) is 6.93. The van der Waals surface area contributed by atoms with Gasteiger partial charge in [0.05, 0.1) is 28.6 Å². The molecule has 5 nitrogen and oxygen atoms in total. The van der Waals surface area contributed by atoms with E-state index in [2.05, 4.69) is 20.6 Å². The van der Waals surface area contributed by atoms with E-state index < -0.39 is 0 Å². The van der Waals surface area contributed by atoms with E-state index in [0.717, 1.165) is 21.3 Å². The molecule has 0 aromatic carbocycles. The fraction of sp³-hybridized carbons (Fsp3) is 0.357. The van der Waals surface area contributed by atoms with Crippen LogP contribution in [0.1, 0.15) is 39.0 Å². The maximum absolute atomic E-state index is 12.1. The van der Waals surface area contributed by atoms with Gasteiger partial charge < -0.3 is 10.6 Å². The lowest BCUT2D eigenvalue weighted by Crippen LogP contribution is -2.27. The van der Waals surface area contributed by atoms with Crippen LogP contribution < -0.4 is 10.6 Å². The van der Waals surface area contributed by atoms with Crippen molar-refractivity contribution in [2.75, 3.05) is 12.4 Å². The number of thiazole rings is 1. The molecule has 2 aromatic rings. The van der Waals surface area contributed by atoms with Crippen molar-refractivity contribution in [3.8, 4) is 0 Å². The largest absolute Gasteiger partial charge is 0.387 e. The Bertz CT molecular complexity index is 606. The highest BCUT2D eigenvalue weighted by molar-refractivity contribution is 7.11. The Labute approximate surface area is 122 Å². The van der Waals surface area contributed by atoms with Crippen molar-refractivity contribution >= 4 is 22.9 Å². The van der Waals surface area contributed by atoms with E-state index in [1.165, 1.54) is 0 Å². The Morgan fingerprint density at radius 2 is 2.10 bits per heavy atom. The molecule has 2 aromatic heterocycles. The summed E-state index contributed by atoms with van der Waals surface area (Å²) in [5.74, 6) is -0.175. The summed E-state index contributed by atoms with van der Waals surface area (Å²) >= 11 is 1.61. The third-order valence-corrected chi connectivity index (χ3v) is 4.22. The first-order valence-corrected chi connectivity index (χ1v) is 7.21. The summed E-state index contributed by atoms with van der Waals surface area (Å²) in [6.45, 7) is 5.88. The molecule has 2 N–H and O–H groups in total. The third-order valence-electron chi connectivity index (χ3n) is 2.97. The highest BCUT2D eigenvalue weighted by Gasteiger charge is 2.16. The van der Waals surface area contributed by atoms with Crippen molar-refractivity contribution in [3.63, 3.8) is 0 Å². The number of anilines is 1. The van der Waals surface area contributed by atoms with Crippen molar-refractivity contribution < 1.29 is 4.79 Å². The Kier molecular flexibility index (Phi) is 4.34. The molecule has 106 valence electrons. The highest BCUT2D eigenvalue weighted by Crippen LogP contribution is 2.24. The first kappa shape index (κ1) is 14.5. The van der Waals surface area contributed by atoms with Crippen molar-refractivity contribution in [2.24, 2.45) is 0 Å². The summed E-state index contributed by atoms with van der Waals surface area (Å²) in [7, 11) is 1.81. The summed E-state index contributed by atoms with van der Waals surface area (Å²) in [6.07, 6.45) is 1.64. The molecule has 1 amide bonds.